The highest BCUT2D eigenvalue weighted by Gasteiger charge is 2.39. The number of anilines is 3. The minimum atomic E-state index is -0.191. The van der Waals surface area contributed by atoms with Gasteiger partial charge in [-0.15, -0.1) is 0 Å². The Balaban J connectivity index is 1.01. The quantitative estimate of drug-likeness (QED) is 0.157. The molecule has 0 fully saturated rings. The molecule has 0 bridgehead atoms. The van der Waals surface area contributed by atoms with Crippen LogP contribution in [0, 0.1) is 0 Å². The summed E-state index contributed by atoms with van der Waals surface area (Å²) >= 11 is 0. The fraction of sp³-hybridized carbons (Fsp3) is 0.0411. The largest absolute Gasteiger partial charge is 0.309 e. The molecule has 1 aliphatic rings. The Morgan fingerprint density at radius 2 is 0.908 bits per heavy atom. The summed E-state index contributed by atoms with van der Waals surface area (Å²) in [4.78, 5) is 2.57. The van der Waals surface area contributed by atoms with Gasteiger partial charge in [0.25, 0.3) is 0 Å². The fourth-order valence-electron chi connectivity index (χ4n) is 14.1. The van der Waals surface area contributed by atoms with Gasteiger partial charge < -0.3 is 14.0 Å². The van der Waals surface area contributed by atoms with E-state index in [2.05, 4.69) is 277 Å². The molecule has 2 heterocycles. The molecule has 0 spiro atoms. The van der Waals surface area contributed by atoms with Crippen LogP contribution in [-0.2, 0) is 5.41 Å². The zero-order valence-corrected chi connectivity index (χ0v) is 42.0. The number of hydrogen-bond donors (Lipinski definition) is 0. The van der Waals surface area contributed by atoms with Crippen LogP contribution in [0.3, 0.4) is 0 Å². The van der Waals surface area contributed by atoms with E-state index in [1.165, 1.54) is 131 Å². The van der Waals surface area contributed by atoms with Crippen LogP contribution in [0.15, 0.2) is 249 Å². The summed E-state index contributed by atoms with van der Waals surface area (Å²) < 4.78 is 5.03. The second-order valence-corrected chi connectivity index (χ2v) is 21.6. The molecule has 0 unspecified atom stereocenters. The predicted octanol–water partition coefficient (Wildman–Crippen LogP) is 20.0. The van der Waals surface area contributed by atoms with E-state index >= 15 is 0 Å². The summed E-state index contributed by atoms with van der Waals surface area (Å²) in [6.07, 6.45) is 0. The summed E-state index contributed by atoms with van der Waals surface area (Å²) in [5.74, 6) is 0. The minimum absolute atomic E-state index is 0.191. The summed E-state index contributed by atoms with van der Waals surface area (Å²) in [5, 5.41) is 20.0. The topological polar surface area (TPSA) is 13.1 Å². The normalized spacial score (nSPS) is 13.2. The van der Waals surface area contributed by atoms with Crippen LogP contribution in [0.5, 0.6) is 0 Å². The first-order chi connectivity index (χ1) is 37.5. The molecule has 0 atom stereocenters. The molecule has 17 rings (SSSR count). The zero-order chi connectivity index (χ0) is 50.0. The molecule has 3 nitrogen and oxygen atoms in total. The van der Waals surface area contributed by atoms with Crippen molar-refractivity contribution in [3.05, 3.63) is 260 Å². The molecule has 354 valence electrons. The van der Waals surface area contributed by atoms with Crippen LogP contribution < -0.4 is 4.90 Å². The first-order valence-electron chi connectivity index (χ1n) is 26.6. The van der Waals surface area contributed by atoms with Gasteiger partial charge in [0.05, 0.1) is 33.4 Å². The predicted molar refractivity (Wildman–Crippen MR) is 324 cm³/mol. The molecule has 0 amide bonds. The van der Waals surface area contributed by atoms with Crippen LogP contribution in [0.1, 0.15) is 25.0 Å². The summed E-state index contributed by atoms with van der Waals surface area (Å²) in [6.45, 7) is 4.82. The lowest BCUT2D eigenvalue weighted by atomic mass is 9.81. The molecule has 0 saturated heterocycles. The Hall–Kier alpha value is -9.70. The van der Waals surface area contributed by atoms with Crippen molar-refractivity contribution in [1.82, 2.24) is 9.13 Å². The van der Waals surface area contributed by atoms with Crippen molar-refractivity contribution in [1.29, 1.82) is 0 Å². The maximum atomic E-state index is 2.61. The third-order valence-electron chi connectivity index (χ3n) is 17.4. The first kappa shape index (κ1) is 41.7. The van der Waals surface area contributed by atoms with E-state index < -0.39 is 0 Å². The lowest BCUT2D eigenvalue weighted by molar-refractivity contribution is 0.661. The van der Waals surface area contributed by atoms with Crippen molar-refractivity contribution < 1.29 is 0 Å². The van der Waals surface area contributed by atoms with Crippen molar-refractivity contribution in [3.63, 3.8) is 0 Å². The van der Waals surface area contributed by atoms with Gasteiger partial charge in [0.15, 0.2) is 0 Å². The Kier molecular flexibility index (Phi) is 8.34. The molecule has 3 heteroatoms. The number of nitrogens with zero attached hydrogens (tertiary/aromatic N) is 3. The van der Waals surface area contributed by atoms with Gasteiger partial charge in [-0.25, -0.2) is 0 Å². The van der Waals surface area contributed by atoms with Crippen molar-refractivity contribution in [3.8, 4) is 22.5 Å². The monoisotopic (exact) mass is 965 g/mol. The summed E-state index contributed by atoms with van der Waals surface area (Å²) in [6, 6.07) is 93.4. The van der Waals surface area contributed by atoms with E-state index in [0.717, 1.165) is 28.4 Å². The van der Waals surface area contributed by atoms with Gasteiger partial charge in [0, 0.05) is 60.4 Å². The second kappa shape index (κ2) is 15.2. The SMILES string of the molecule is CC1(C)c2ccccc2-c2c1cc1ccc3c(N(c4ccc5c6ccccc6c6ccccc6c5c4)c4cc5ccccc5c5ccccc45)ccc4c3c1c2n4-c1ccc2c(c1)c1ccccc1n2-c1ccccc1. The summed E-state index contributed by atoms with van der Waals surface area (Å²) in [5.41, 5.74) is 15.8. The first-order valence-corrected chi connectivity index (χ1v) is 26.6. The highest BCUT2D eigenvalue weighted by molar-refractivity contribution is 6.31. The zero-order valence-electron chi connectivity index (χ0n) is 42.0. The number of fused-ring (bicyclic) bond motifs is 16. The highest BCUT2D eigenvalue weighted by atomic mass is 15.1. The molecule has 0 aliphatic heterocycles. The lowest BCUT2D eigenvalue weighted by Gasteiger charge is -2.29. The van der Waals surface area contributed by atoms with Gasteiger partial charge in [0.2, 0.25) is 0 Å². The molecule has 0 radical (unpaired) electrons. The lowest BCUT2D eigenvalue weighted by Crippen LogP contribution is -2.14. The van der Waals surface area contributed by atoms with Gasteiger partial charge in [-0.1, -0.05) is 190 Å². The number of aromatic nitrogens is 2. The molecule has 0 N–H and O–H groups in total. The number of hydrogen-bond acceptors (Lipinski definition) is 1. The van der Waals surface area contributed by atoms with Crippen molar-refractivity contribution in [2.24, 2.45) is 0 Å². The molecule has 2 aromatic heterocycles. The molecular formula is C73H47N3. The van der Waals surface area contributed by atoms with Crippen molar-refractivity contribution >= 4 is 125 Å². The van der Waals surface area contributed by atoms with Crippen LogP contribution in [-0.4, -0.2) is 9.13 Å². The summed E-state index contributed by atoms with van der Waals surface area (Å²) in [7, 11) is 0. The van der Waals surface area contributed by atoms with E-state index in [4.69, 9.17) is 0 Å². The van der Waals surface area contributed by atoms with Gasteiger partial charge in [0.1, 0.15) is 0 Å². The minimum Gasteiger partial charge on any atom is -0.309 e. The Bertz CT molecular complexity index is 5110. The van der Waals surface area contributed by atoms with Crippen LogP contribution in [0.4, 0.5) is 17.1 Å². The molecule has 16 aromatic rings. The van der Waals surface area contributed by atoms with Crippen LogP contribution >= 0.6 is 0 Å². The van der Waals surface area contributed by atoms with E-state index in [1.807, 2.05) is 0 Å². The Labute approximate surface area is 438 Å². The van der Waals surface area contributed by atoms with Gasteiger partial charge in [-0.2, -0.15) is 0 Å². The maximum Gasteiger partial charge on any atom is 0.0628 e. The van der Waals surface area contributed by atoms with Gasteiger partial charge in [-0.3, -0.25) is 0 Å². The average Bonchev–Trinajstić information content (AvgIpc) is 4.29. The molecular weight excluding hydrogens is 919 g/mol. The maximum absolute atomic E-state index is 2.61. The standard InChI is InChI=1S/C73H47N3/c1-73(2)62-30-16-14-29-58(62)70-63(73)40-45-32-35-59-65(38-39-67-71(59)69(45)72(70)76(67)48-34-37-66-61(43-48)57-28-15-17-31-64(57)74(66)46-19-4-3-5-20-46)75(68-41-44-18-6-7-21-49(44)50-22-12-13-27-56(50)68)47-33-36-55-53-25-9-8-23-51(53)52-24-10-11-26-54(52)60(55)42-47/h3-43H,1-2H3. The molecule has 0 saturated carbocycles. The second-order valence-electron chi connectivity index (χ2n) is 21.6. The van der Waals surface area contributed by atoms with Crippen molar-refractivity contribution in [2.75, 3.05) is 4.90 Å². The Morgan fingerprint density at radius 3 is 1.68 bits per heavy atom. The van der Waals surface area contributed by atoms with Gasteiger partial charge >= 0.3 is 0 Å². The van der Waals surface area contributed by atoms with E-state index in [9.17, 15) is 0 Å². The molecule has 14 aromatic carbocycles. The number of rotatable bonds is 5. The van der Waals surface area contributed by atoms with E-state index in [1.54, 1.807) is 0 Å². The van der Waals surface area contributed by atoms with Gasteiger partial charge in [-0.05, 0) is 143 Å². The molecule has 1 aliphatic carbocycles. The number of para-hydroxylation sites is 2. The highest BCUT2D eigenvalue weighted by Crippen LogP contribution is 2.57. The molecule has 76 heavy (non-hydrogen) atoms. The third kappa shape index (κ3) is 5.51. The third-order valence-corrected chi connectivity index (χ3v) is 17.4. The average molecular weight is 966 g/mol. The fourth-order valence-corrected chi connectivity index (χ4v) is 14.1. The van der Waals surface area contributed by atoms with Crippen LogP contribution in [0.2, 0.25) is 0 Å². The van der Waals surface area contributed by atoms with E-state index in [0.29, 0.717) is 0 Å². The smallest absolute Gasteiger partial charge is 0.0628 e. The van der Waals surface area contributed by atoms with Crippen molar-refractivity contribution in [2.45, 2.75) is 19.3 Å². The van der Waals surface area contributed by atoms with Crippen LogP contribution in [0.25, 0.3) is 131 Å². The Morgan fingerprint density at radius 1 is 0.316 bits per heavy atom. The van der Waals surface area contributed by atoms with E-state index in [-0.39, 0.29) is 5.41 Å². The number of benzene rings is 14.